The highest BCUT2D eigenvalue weighted by atomic mass is 35.5. The molecule has 0 saturated heterocycles. The Morgan fingerprint density at radius 3 is 2.72 bits per heavy atom. The number of hydrogen-bond donors (Lipinski definition) is 1. The van der Waals surface area contributed by atoms with E-state index in [-0.39, 0.29) is 6.61 Å². The first kappa shape index (κ1) is 18.5. The Morgan fingerprint density at radius 1 is 1.36 bits per heavy atom. The van der Waals surface area contributed by atoms with Crippen LogP contribution in [0.15, 0.2) is 54.2 Å². The minimum absolute atomic E-state index is 0.289. The number of methoxy groups -OCH3 is 1. The van der Waals surface area contributed by atoms with E-state index in [0.29, 0.717) is 27.6 Å². The number of hydrazone groups is 1. The molecule has 0 aliphatic carbocycles. The highest BCUT2D eigenvalue weighted by Crippen LogP contribution is 2.36. The summed E-state index contributed by atoms with van der Waals surface area (Å²) in [5, 5.41) is 4.20. The number of amides is 1. The summed E-state index contributed by atoms with van der Waals surface area (Å²) < 4.78 is 23.5. The van der Waals surface area contributed by atoms with Gasteiger partial charge in [0.2, 0.25) is 0 Å². The van der Waals surface area contributed by atoms with Crippen LogP contribution >= 0.6 is 11.6 Å². The molecule has 0 aromatic heterocycles. The number of rotatable bonds is 7. The van der Waals surface area contributed by atoms with Crippen molar-refractivity contribution in [2.45, 2.75) is 0 Å². The first-order valence-electron chi connectivity index (χ1n) is 7.25. The average molecular weight is 363 g/mol. The molecule has 2 aromatic rings. The molecule has 0 unspecified atom stereocenters. The molecule has 7 heteroatoms. The summed E-state index contributed by atoms with van der Waals surface area (Å²) in [5.74, 6) is -0.0435. The van der Waals surface area contributed by atoms with Crippen LogP contribution in [0.4, 0.5) is 4.39 Å². The molecule has 0 spiro atoms. The average Bonchev–Trinajstić information content (AvgIpc) is 2.61. The van der Waals surface area contributed by atoms with E-state index < -0.39 is 11.7 Å². The number of halogens is 2. The van der Waals surface area contributed by atoms with E-state index in [1.165, 1.54) is 37.6 Å². The summed E-state index contributed by atoms with van der Waals surface area (Å²) in [6.07, 6.45) is 3.00. The van der Waals surface area contributed by atoms with Gasteiger partial charge in [0, 0.05) is 5.56 Å². The second-order valence-electron chi connectivity index (χ2n) is 4.84. The molecule has 0 atom stereocenters. The largest absolute Gasteiger partial charge is 0.493 e. The summed E-state index contributed by atoms with van der Waals surface area (Å²) in [7, 11) is 1.49. The lowest BCUT2D eigenvalue weighted by Crippen LogP contribution is -2.17. The van der Waals surface area contributed by atoms with Gasteiger partial charge in [-0.2, -0.15) is 5.10 Å². The Bertz CT molecular complexity index is 792. The van der Waals surface area contributed by atoms with Crippen LogP contribution in [0.25, 0.3) is 0 Å². The van der Waals surface area contributed by atoms with E-state index in [1.807, 2.05) is 0 Å². The minimum Gasteiger partial charge on any atom is -0.493 e. The Labute approximate surface area is 149 Å². The highest BCUT2D eigenvalue weighted by Gasteiger charge is 2.11. The molecule has 5 nitrogen and oxygen atoms in total. The summed E-state index contributed by atoms with van der Waals surface area (Å²) in [5.41, 5.74) is 3.25. The van der Waals surface area contributed by atoms with Crippen LogP contribution in [0.1, 0.15) is 15.9 Å². The van der Waals surface area contributed by atoms with Crippen LogP contribution in [0.3, 0.4) is 0 Å². The van der Waals surface area contributed by atoms with Crippen molar-refractivity contribution < 1.29 is 18.7 Å². The molecule has 0 fully saturated rings. The first-order chi connectivity index (χ1) is 12.0. The number of benzene rings is 2. The zero-order valence-electron chi connectivity index (χ0n) is 13.5. The van der Waals surface area contributed by atoms with Crippen LogP contribution in [0.5, 0.6) is 11.5 Å². The van der Waals surface area contributed by atoms with Gasteiger partial charge in [0.05, 0.1) is 18.3 Å². The lowest BCUT2D eigenvalue weighted by Gasteiger charge is -2.11. The fourth-order valence-corrected chi connectivity index (χ4v) is 2.20. The zero-order chi connectivity index (χ0) is 18.2. The second-order valence-corrected chi connectivity index (χ2v) is 5.25. The van der Waals surface area contributed by atoms with Crippen molar-refractivity contribution in [3.05, 3.63) is 71.0 Å². The summed E-state index contributed by atoms with van der Waals surface area (Å²) in [6.45, 7) is 3.86. The van der Waals surface area contributed by atoms with Crippen LogP contribution in [0.2, 0.25) is 5.02 Å². The topological polar surface area (TPSA) is 59.9 Å². The third-order valence-corrected chi connectivity index (χ3v) is 3.36. The standard InChI is InChI=1S/C18H16ClFN2O3/c1-3-8-25-17-15(19)9-12(10-16(17)24-2)11-21-22-18(23)13-4-6-14(20)7-5-13/h3-7,9-11H,1,8H2,2H3,(H,22,23)/b21-11-. The monoisotopic (exact) mass is 362 g/mol. The van der Waals surface area contributed by atoms with E-state index in [0.717, 1.165) is 0 Å². The number of carbonyl (C=O) groups is 1. The molecule has 1 amide bonds. The molecule has 25 heavy (non-hydrogen) atoms. The molecule has 2 aromatic carbocycles. The highest BCUT2D eigenvalue weighted by molar-refractivity contribution is 6.32. The molecule has 0 bridgehead atoms. The Kier molecular flexibility index (Phi) is 6.54. The predicted molar refractivity (Wildman–Crippen MR) is 95.2 cm³/mol. The molecule has 1 N–H and O–H groups in total. The van der Waals surface area contributed by atoms with E-state index >= 15 is 0 Å². The molecule has 0 heterocycles. The number of ether oxygens (including phenoxy) is 2. The number of nitrogens with zero attached hydrogens (tertiary/aromatic N) is 1. The molecule has 0 saturated carbocycles. The van der Waals surface area contributed by atoms with Crippen molar-refractivity contribution in [1.29, 1.82) is 0 Å². The van der Waals surface area contributed by atoms with E-state index in [2.05, 4.69) is 17.1 Å². The van der Waals surface area contributed by atoms with Crippen molar-refractivity contribution in [2.24, 2.45) is 5.10 Å². The molecule has 0 aliphatic heterocycles. The number of nitrogens with one attached hydrogen (secondary N) is 1. The van der Waals surface area contributed by atoms with Crippen LogP contribution < -0.4 is 14.9 Å². The van der Waals surface area contributed by atoms with Crippen molar-refractivity contribution in [3.8, 4) is 11.5 Å². The Hall–Kier alpha value is -2.86. The molecule has 2 rings (SSSR count). The van der Waals surface area contributed by atoms with Gasteiger partial charge >= 0.3 is 0 Å². The van der Waals surface area contributed by atoms with E-state index in [9.17, 15) is 9.18 Å². The van der Waals surface area contributed by atoms with Gasteiger partial charge in [0.15, 0.2) is 11.5 Å². The van der Waals surface area contributed by atoms with Gasteiger partial charge < -0.3 is 9.47 Å². The third kappa shape index (κ3) is 5.06. The zero-order valence-corrected chi connectivity index (χ0v) is 14.2. The number of hydrogen-bond acceptors (Lipinski definition) is 4. The fourth-order valence-electron chi connectivity index (χ4n) is 1.93. The molecule has 130 valence electrons. The quantitative estimate of drug-likeness (QED) is 0.463. The van der Waals surface area contributed by atoms with E-state index in [4.69, 9.17) is 21.1 Å². The van der Waals surface area contributed by atoms with Gasteiger partial charge in [0.25, 0.3) is 5.91 Å². The molecular formula is C18H16ClFN2O3. The summed E-state index contributed by atoms with van der Waals surface area (Å²) in [6, 6.07) is 8.42. The predicted octanol–water partition coefficient (Wildman–Crippen LogP) is 3.82. The second kappa shape index (κ2) is 8.84. The summed E-state index contributed by atoms with van der Waals surface area (Å²) >= 11 is 6.18. The van der Waals surface area contributed by atoms with E-state index in [1.54, 1.807) is 18.2 Å². The van der Waals surface area contributed by atoms with Gasteiger partial charge in [-0.25, -0.2) is 9.82 Å². The molecule has 0 radical (unpaired) electrons. The maximum absolute atomic E-state index is 12.8. The van der Waals surface area contributed by atoms with Crippen LogP contribution in [0, 0.1) is 5.82 Å². The number of carbonyl (C=O) groups excluding carboxylic acids is 1. The van der Waals surface area contributed by atoms with Gasteiger partial charge in [0.1, 0.15) is 12.4 Å². The Balaban J connectivity index is 2.09. The smallest absolute Gasteiger partial charge is 0.271 e. The summed E-state index contributed by atoms with van der Waals surface area (Å²) in [4.78, 5) is 11.9. The maximum Gasteiger partial charge on any atom is 0.271 e. The Morgan fingerprint density at radius 2 is 2.08 bits per heavy atom. The minimum atomic E-state index is -0.458. The van der Waals surface area contributed by atoms with Gasteiger partial charge in [-0.3, -0.25) is 4.79 Å². The van der Waals surface area contributed by atoms with Crippen LogP contribution in [-0.4, -0.2) is 25.8 Å². The molecular weight excluding hydrogens is 347 g/mol. The van der Waals surface area contributed by atoms with Crippen molar-refractivity contribution in [2.75, 3.05) is 13.7 Å². The van der Waals surface area contributed by atoms with Gasteiger partial charge in [-0.1, -0.05) is 24.3 Å². The maximum atomic E-state index is 12.8. The van der Waals surface area contributed by atoms with Gasteiger partial charge in [-0.05, 0) is 42.0 Å². The normalized spacial score (nSPS) is 10.5. The van der Waals surface area contributed by atoms with Crippen molar-refractivity contribution >= 4 is 23.7 Å². The fraction of sp³-hybridized carbons (Fsp3) is 0.111. The SMILES string of the molecule is C=CCOc1c(Cl)cc(/C=N\NC(=O)c2ccc(F)cc2)cc1OC. The van der Waals surface area contributed by atoms with Crippen molar-refractivity contribution in [1.82, 2.24) is 5.43 Å². The van der Waals surface area contributed by atoms with Gasteiger partial charge in [-0.15, -0.1) is 0 Å². The lowest BCUT2D eigenvalue weighted by molar-refractivity contribution is 0.0955. The van der Waals surface area contributed by atoms with Crippen molar-refractivity contribution in [3.63, 3.8) is 0 Å². The molecule has 0 aliphatic rings. The lowest BCUT2D eigenvalue weighted by atomic mass is 10.2. The third-order valence-electron chi connectivity index (χ3n) is 3.08. The van der Waals surface area contributed by atoms with Crippen LogP contribution in [-0.2, 0) is 0 Å². The first-order valence-corrected chi connectivity index (χ1v) is 7.63.